The van der Waals surface area contributed by atoms with Gasteiger partial charge in [0, 0.05) is 17.4 Å². The lowest BCUT2D eigenvalue weighted by atomic mass is 9.53. The number of aryl methyl sites for hydroxylation is 1. The minimum atomic E-state index is -3.44. The van der Waals surface area contributed by atoms with Crippen LogP contribution in [0.4, 0.5) is 0 Å². The Morgan fingerprint density at radius 3 is 2.04 bits per heavy atom. The van der Waals surface area contributed by atoms with Crippen LogP contribution in [0, 0.1) is 24.7 Å². The number of alkyl halides is 1. The molecule has 0 aromatic heterocycles. The van der Waals surface area contributed by atoms with Crippen molar-refractivity contribution in [2.45, 2.75) is 68.7 Å². The fraction of sp³-hybridized carbons (Fsp3) is 0.714. The molecule has 144 valence electrons. The van der Waals surface area contributed by atoms with Gasteiger partial charge >= 0.3 is 0 Å². The lowest BCUT2D eigenvalue weighted by Crippen LogP contribution is -2.61. The normalized spacial score (nSPS) is 33.1. The van der Waals surface area contributed by atoms with Gasteiger partial charge in [0.05, 0.1) is 4.90 Å². The van der Waals surface area contributed by atoms with Gasteiger partial charge in [-0.3, -0.25) is 0 Å². The molecule has 0 unspecified atom stereocenters. The number of unbranched alkanes of at least 4 members (excludes halogenated alkanes) is 1. The second-order valence-electron chi connectivity index (χ2n) is 8.93. The van der Waals surface area contributed by atoms with Gasteiger partial charge in [-0.25, -0.2) is 8.42 Å². The van der Waals surface area contributed by atoms with E-state index >= 15 is 0 Å². The third-order valence-corrected chi connectivity index (χ3v) is 9.47. The van der Waals surface area contributed by atoms with Crippen molar-refractivity contribution in [3.63, 3.8) is 0 Å². The lowest BCUT2D eigenvalue weighted by Gasteiger charge is -2.60. The van der Waals surface area contributed by atoms with Crippen LogP contribution in [-0.4, -0.2) is 30.1 Å². The van der Waals surface area contributed by atoms with Gasteiger partial charge < -0.3 is 0 Å². The molecular weight excluding hydrogens is 410 g/mol. The number of nitrogens with zero attached hydrogens (tertiary/aromatic N) is 1. The van der Waals surface area contributed by atoms with Crippen LogP contribution in [0.5, 0.6) is 0 Å². The molecule has 0 radical (unpaired) electrons. The van der Waals surface area contributed by atoms with Gasteiger partial charge in [0.25, 0.3) is 0 Å². The first-order chi connectivity index (χ1) is 12.4. The molecule has 0 N–H and O–H groups in total. The first-order valence-corrected chi connectivity index (χ1v) is 12.6. The SMILES string of the molecule is Cc1ccc(S(=O)(=O)N(CCCCBr)C23CC4CC(CC(C4)C2)C3)cc1. The van der Waals surface area contributed by atoms with E-state index < -0.39 is 10.0 Å². The third kappa shape index (κ3) is 3.40. The summed E-state index contributed by atoms with van der Waals surface area (Å²) in [6.45, 7) is 2.66. The zero-order chi connectivity index (χ0) is 18.4. The van der Waals surface area contributed by atoms with Crippen LogP contribution in [0.2, 0.25) is 0 Å². The molecule has 0 aliphatic heterocycles. The molecule has 5 rings (SSSR count). The maximum absolute atomic E-state index is 13.7. The van der Waals surface area contributed by atoms with Crippen molar-refractivity contribution >= 4 is 26.0 Å². The Hall–Kier alpha value is -0.390. The van der Waals surface area contributed by atoms with Crippen LogP contribution < -0.4 is 0 Å². The summed E-state index contributed by atoms with van der Waals surface area (Å²) in [7, 11) is -3.44. The highest BCUT2D eigenvalue weighted by Crippen LogP contribution is 2.58. The van der Waals surface area contributed by atoms with Gasteiger partial charge in [-0.15, -0.1) is 0 Å². The fourth-order valence-corrected chi connectivity index (χ4v) is 8.40. The monoisotopic (exact) mass is 439 g/mol. The molecular formula is C21H30BrNO2S. The van der Waals surface area contributed by atoms with Crippen LogP contribution in [-0.2, 0) is 10.0 Å². The number of benzene rings is 1. The molecule has 3 nitrogen and oxygen atoms in total. The number of hydrogen-bond acceptors (Lipinski definition) is 2. The van der Waals surface area contributed by atoms with Gasteiger partial charge in [-0.2, -0.15) is 4.31 Å². The summed E-state index contributed by atoms with van der Waals surface area (Å²) in [4.78, 5) is 0.470. The quantitative estimate of drug-likeness (QED) is 0.436. The van der Waals surface area contributed by atoms with E-state index in [1.54, 1.807) is 12.1 Å². The fourth-order valence-electron chi connectivity index (χ4n) is 6.17. The molecule has 26 heavy (non-hydrogen) atoms. The topological polar surface area (TPSA) is 37.4 Å². The lowest BCUT2D eigenvalue weighted by molar-refractivity contribution is -0.0567. The molecule has 0 spiro atoms. The largest absolute Gasteiger partial charge is 0.243 e. The first kappa shape index (κ1) is 18.9. The van der Waals surface area contributed by atoms with E-state index in [2.05, 4.69) is 15.9 Å². The zero-order valence-corrected chi connectivity index (χ0v) is 18.1. The highest BCUT2D eigenvalue weighted by Gasteiger charge is 2.56. The van der Waals surface area contributed by atoms with Crippen LogP contribution in [0.15, 0.2) is 29.2 Å². The van der Waals surface area contributed by atoms with Gasteiger partial charge in [-0.05, 0) is 88.2 Å². The summed E-state index contributed by atoms with van der Waals surface area (Å²) in [6.07, 6.45) is 9.19. The van der Waals surface area contributed by atoms with Crippen LogP contribution in [0.1, 0.15) is 56.9 Å². The number of halogens is 1. The summed E-state index contributed by atoms with van der Waals surface area (Å²) in [5.41, 5.74) is 0.981. The summed E-state index contributed by atoms with van der Waals surface area (Å²) in [5, 5.41) is 0.937. The highest BCUT2D eigenvalue weighted by molar-refractivity contribution is 9.09. The van der Waals surface area contributed by atoms with Crippen LogP contribution in [0.25, 0.3) is 0 Å². The zero-order valence-electron chi connectivity index (χ0n) is 15.7. The number of rotatable bonds is 7. The van der Waals surface area contributed by atoms with E-state index in [0.717, 1.165) is 60.8 Å². The average Bonchev–Trinajstić information content (AvgIpc) is 2.57. The summed E-state index contributed by atoms with van der Waals surface area (Å²) < 4.78 is 29.3. The second kappa shape index (κ2) is 7.21. The summed E-state index contributed by atoms with van der Waals surface area (Å²) in [5.74, 6) is 2.23. The van der Waals surface area contributed by atoms with Crippen molar-refractivity contribution in [2.75, 3.05) is 11.9 Å². The molecule has 1 aromatic rings. The van der Waals surface area contributed by atoms with Crippen molar-refractivity contribution in [3.8, 4) is 0 Å². The standard InChI is InChI=1S/C21H30BrNO2S/c1-16-4-6-20(7-5-16)26(24,25)23(9-3-2-8-22)21-13-17-10-18(14-21)12-19(11-17)15-21/h4-7,17-19H,2-3,8-15H2,1H3. The molecule has 4 bridgehead atoms. The minimum absolute atomic E-state index is 0.120. The van der Waals surface area contributed by atoms with Gasteiger partial charge in [-0.1, -0.05) is 33.6 Å². The highest BCUT2D eigenvalue weighted by atomic mass is 79.9. The molecule has 0 saturated heterocycles. The van der Waals surface area contributed by atoms with Crippen molar-refractivity contribution in [1.82, 2.24) is 4.31 Å². The number of sulfonamides is 1. The second-order valence-corrected chi connectivity index (χ2v) is 11.6. The van der Waals surface area contributed by atoms with E-state index in [-0.39, 0.29) is 5.54 Å². The van der Waals surface area contributed by atoms with E-state index in [0.29, 0.717) is 11.4 Å². The molecule has 5 heteroatoms. The van der Waals surface area contributed by atoms with E-state index in [4.69, 9.17) is 0 Å². The smallest absolute Gasteiger partial charge is 0.207 e. The molecule has 0 atom stereocenters. The Bertz CT molecular complexity index is 708. The van der Waals surface area contributed by atoms with E-state index in [9.17, 15) is 8.42 Å². The van der Waals surface area contributed by atoms with Crippen molar-refractivity contribution < 1.29 is 8.42 Å². The number of hydrogen-bond donors (Lipinski definition) is 0. The predicted octanol–water partition coefficient (Wildman–Crippen LogP) is 5.13. The van der Waals surface area contributed by atoms with E-state index in [1.165, 1.54) is 19.3 Å². The van der Waals surface area contributed by atoms with Gasteiger partial charge in [0.2, 0.25) is 10.0 Å². The molecule has 0 amide bonds. The Labute approximate surface area is 166 Å². The Morgan fingerprint density at radius 1 is 1.00 bits per heavy atom. The van der Waals surface area contributed by atoms with Crippen LogP contribution in [0.3, 0.4) is 0 Å². The summed E-state index contributed by atoms with van der Waals surface area (Å²) >= 11 is 3.50. The minimum Gasteiger partial charge on any atom is -0.207 e. The molecule has 4 aliphatic carbocycles. The third-order valence-electron chi connectivity index (χ3n) is 6.89. The van der Waals surface area contributed by atoms with E-state index in [1.807, 2.05) is 23.4 Å². The Kier molecular flexibility index (Phi) is 5.26. The maximum atomic E-state index is 13.7. The van der Waals surface area contributed by atoms with Crippen molar-refractivity contribution in [2.24, 2.45) is 17.8 Å². The molecule has 0 heterocycles. The molecule has 1 aromatic carbocycles. The van der Waals surface area contributed by atoms with Crippen LogP contribution >= 0.6 is 15.9 Å². The van der Waals surface area contributed by atoms with Crippen molar-refractivity contribution in [1.29, 1.82) is 0 Å². The first-order valence-electron chi connectivity index (χ1n) is 10.1. The van der Waals surface area contributed by atoms with Gasteiger partial charge in [0.15, 0.2) is 0 Å². The summed E-state index contributed by atoms with van der Waals surface area (Å²) in [6, 6.07) is 7.43. The molecule has 4 aliphatic rings. The molecule has 4 fully saturated rings. The predicted molar refractivity (Wildman–Crippen MR) is 109 cm³/mol. The average molecular weight is 440 g/mol. The Morgan fingerprint density at radius 2 is 1.54 bits per heavy atom. The molecule has 4 saturated carbocycles. The van der Waals surface area contributed by atoms with Crippen molar-refractivity contribution in [3.05, 3.63) is 29.8 Å². The Balaban J connectivity index is 1.69. The van der Waals surface area contributed by atoms with Gasteiger partial charge in [0.1, 0.15) is 0 Å². The maximum Gasteiger partial charge on any atom is 0.243 e.